The molecule has 0 aromatic heterocycles. The van der Waals surface area contributed by atoms with E-state index in [4.69, 9.17) is 14.2 Å². The van der Waals surface area contributed by atoms with Crippen LogP contribution in [0.25, 0.3) is 0 Å². The fourth-order valence-electron chi connectivity index (χ4n) is 3.14. The Bertz CT molecular complexity index is 661. The van der Waals surface area contributed by atoms with Crippen LogP contribution in [0.2, 0.25) is 0 Å². The van der Waals surface area contributed by atoms with Crippen molar-refractivity contribution in [1.29, 1.82) is 0 Å². The molecule has 0 radical (unpaired) electrons. The summed E-state index contributed by atoms with van der Waals surface area (Å²) in [5.41, 5.74) is -0.0722. The molecule has 1 aromatic rings. The van der Waals surface area contributed by atoms with Crippen molar-refractivity contribution < 1.29 is 28.7 Å². The van der Waals surface area contributed by atoms with Crippen LogP contribution in [-0.2, 0) is 14.3 Å². The lowest BCUT2D eigenvalue weighted by atomic mass is 10.1. The van der Waals surface area contributed by atoms with E-state index in [1.807, 2.05) is 0 Å². The highest BCUT2D eigenvalue weighted by Crippen LogP contribution is 2.17. The number of rotatable bonds is 18. The number of carbonyl (C=O) groups is 2. The Morgan fingerprint density at radius 1 is 0.781 bits per heavy atom. The van der Waals surface area contributed by atoms with Crippen molar-refractivity contribution in [2.24, 2.45) is 0 Å². The largest absolute Gasteiger partial charge is 0.513 e. The first-order chi connectivity index (χ1) is 15.5. The molecule has 0 aliphatic carbocycles. The lowest BCUT2D eigenvalue weighted by molar-refractivity contribution is -0.384. The lowest BCUT2D eigenvalue weighted by Crippen LogP contribution is -2.11. The third kappa shape index (κ3) is 14.4. The number of hydrogen-bond donors (Lipinski definition) is 0. The number of ether oxygens (including phenoxy) is 3. The van der Waals surface area contributed by atoms with E-state index in [1.165, 1.54) is 49.9 Å². The number of esters is 1. The van der Waals surface area contributed by atoms with Crippen LogP contribution in [-0.4, -0.2) is 30.3 Å². The van der Waals surface area contributed by atoms with Gasteiger partial charge in [-0.1, -0.05) is 64.7 Å². The van der Waals surface area contributed by atoms with Crippen LogP contribution in [0.15, 0.2) is 24.3 Å². The summed E-state index contributed by atoms with van der Waals surface area (Å²) in [6.07, 6.45) is 12.3. The molecule has 0 bridgehead atoms. The quantitative estimate of drug-likeness (QED) is 0.0799. The summed E-state index contributed by atoms with van der Waals surface area (Å²) in [4.78, 5) is 33.3. The first-order valence-corrected chi connectivity index (χ1v) is 11.8. The minimum Gasteiger partial charge on any atom is -0.466 e. The van der Waals surface area contributed by atoms with E-state index in [9.17, 15) is 19.7 Å². The second-order valence-corrected chi connectivity index (χ2v) is 7.81. The molecule has 0 saturated carbocycles. The van der Waals surface area contributed by atoms with Crippen molar-refractivity contribution in [3.63, 3.8) is 0 Å². The Morgan fingerprint density at radius 3 is 1.91 bits per heavy atom. The third-order valence-corrected chi connectivity index (χ3v) is 5.00. The Morgan fingerprint density at radius 2 is 1.31 bits per heavy atom. The topological polar surface area (TPSA) is 105 Å². The molecule has 0 spiro atoms. The minimum absolute atomic E-state index is 0.0722. The molecule has 0 aliphatic rings. The smallest absolute Gasteiger partial charge is 0.466 e. The van der Waals surface area contributed by atoms with E-state index in [2.05, 4.69) is 6.92 Å². The first kappa shape index (κ1) is 27.4. The predicted octanol–water partition coefficient (Wildman–Crippen LogP) is 6.74. The Labute approximate surface area is 190 Å². The first-order valence-electron chi connectivity index (χ1n) is 11.8. The van der Waals surface area contributed by atoms with Crippen molar-refractivity contribution in [2.75, 3.05) is 13.2 Å². The van der Waals surface area contributed by atoms with Crippen LogP contribution in [0.5, 0.6) is 5.75 Å². The highest BCUT2D eigenvalue weighted by molar-refractivity contribution is 5.69. The van der Waals surface area contributed by atoms with Crippen molar-refractivity contribution in [3.05, 3.63) is 34.4 Å². The van der Waals surface area contributed by atoms with E-state index in [1.54, 1.807) is 0 Å². The van der Waals surface area contributed by atoms with E-state index in [0.29, 0.717) is 13.0 Å². The molecular weight excluding hydrogens is 414 g/mol. The molecule has 0 saturated heterocycles. The van der Waals surface area contributed by atoms with Crippen LogP contribution < -0.4 is 4.74 Å². The molecular formula is C24H37NO7. The SMILES string of the molecule is CCCCCCCCC(=O)OCCCCCCCCOC(=O)Oc1ccc([N+](=O)[O-])cc1. The molecule has 8 nitrogen and oxygen atoms in total. The minimum atomic E-state index is -0.818. The predicted molar refractivity (Wildman–Crippen MR) is 122 cm³/mol. The van der Waals surface area contributed by atoms with Gasteiger partial charge in [0.15, 0.2) is 0 Å². The molecule has 0 unspecified atom stereocenters. The zero-order valence-electron chi connectivity index (χ0n) is 19.2. The molecule has 0 N–H and O–H groups in total. The summed E-state index contributed by atoms with van der Waals surface area (Å²) in [6, 6.07) is 5.23. The highest BCUT2D eigenvalue weighted by Gasteiger charge is 2.09. The van der Waals surface area contributed by atoms with Crippen LogP contribution in [0.3, 0.4) is 0 Å². The maximum atomic E-state index is 11.7. The number of non-ortho nitro benzene ring substituents is 1. The van der Waals surface area contributed by atoms with Gasteiger partial charge in [0.2, 0.25) is 0 Å². The van der Waals surface area contributed by atoms with Gasteiger partial charge in [-0.3, -0.25) is 14.9 Å². The van der Waals surface area contributed by atoms with Crippen molar-refractivity contribution in [1.82, 2.24) is 0 Å². The molecule has 1 aromatic carbocycles. The van der Waals surface area contributed by atoms with Gasteiger partial charge in [0.1, 0.15) is 5.75 Å². The number of nitro benzene ring substituents is 1. The van der Waals surface area contributed by atoms with Gasteiger partial charge in [0, 0.05) is 18.6 Å². The van der Waals surface area contributed by atoms with E-state index < -0.39 is 11.1 Å². The maximum Gasteiger partial charge on any atom is 0.513 e. The summed E-state index contributed by atoms with van der Waals surface area (Å²) >= 11 is 0. The van der Waals surface area contributed by atoms with Crippen LogP contribution in [0.4, 0.5) is 10.5 Å². The molecule has 1 rings (SSSR count). The van der Waals surface area contributed by atoms with Gasteiger partial charge >= 0.3 is 12.1 Å². The van der Waals surface area contributed by atoms with Gasteiger partial charge in [-0.25, -0.2) is 4.79 Å². The number of nitrogens with zero attached hydrogens (tertiary/aromatic N) is 1. The highest BCUT2D eigenvalue weighted by atomic mass is 16.7. The Kier molecular flexibility index (Phi) is 15.4. The van der Waals surface area contributed by atoms with E-state index in [0.717, 1.165) is 51.4 Å². The summed E-state index contributed by atoms with van der Waals surface area (Å²) < 4.78 is 15.2. The molecule has 32 heavy (non-hydrogen) atoms. The maximum absolute atomic E-state index is 11.7. The molecule has 0 fully saturated rings. The summed E-state index contributed by atoms with van der Waals surface area (Å²) in [6.45, 7) is 2.95. The van der Waals surface area contributed by atoms with Crippen molar-refractivity contribution >= 4 is 17.8 Å². The third-order valence-electron chi connectivity index (χ3n) is 5.00. The Hall–Kier alpha value is -2.64. The fourth-order valence-corrected chi connectivity index (χ4v) is 3.14. The van der Waals surface area contributed by atoms with Crippen molar-refractivity contribution in [2.45, 2.75) is 90.4 Å². The average molecular weight is 452 g/mol. The molecule has 0 aliphatic heterocycles. The summed E-state index contributed by atoms with van der Waals surface area (Å²) in [5, 5.41) is 10.6. The van der Waals surface area contributed by atoms with Crippen molar-refractivity contribution in [3.8, 4) is 5.75 Å². The number of unbranched alkanes of at least 4 members (excludes halogenated alkanes) is 10. The lowest BCUT2D eigenvalue weighted by Gasteiger charge is -2.06. The number of carbonyl (C=O) groups excluding carboxylic acids is 2. The fraction of sp³-hybridized carbons (Fsp3) is 0.667. The number of hydrogen-bond acceptors (Lipinski definition) is 7. The summed E-state index contributed by atoms with van der Waals surface area (Å²) in [5.74, 6) is 0.117. The Balaban J connectivity index is 1.89. The van der Waals surface area contributed by atoms with Crippen LogP contribution in [0.1, 0.15) is 90.4 Å². The second kappa shape index (κ2) is 18.0. The van der Waals surface area contributed by atoms with Gasteiger partial charge < -0.3 is 14.2 Å². The van der Waals surface area contributed by atoms with Gasteiger partial charge in [0.25, 0.3) is 5.69 Å². The van der Waals surface area contributed by atoms with E-state index in [-0.39, 0.29) is 24.0 Å². The van der Waals surface area contributed by atoms with Gasteiger partial charge in [0.05, 0.1) is 18.1 Å². The van der Waals surface area contributed by atoms with Gasteiger partial charge in [-0.15, -0.1) is 0 Å². The number of benzene rings is 1. The average Bonchev–Trinajstić information content (AvgIpc) is 2.77. The zero-order chi connectivity index (χ0) is 23.4. The van der Waals surface area contributed by atoms with Crippen LogP contribution in [0, 0.1) is 10.1 Å². The van der Waals surface area contributed by atoms with Gasteiger partial charge in [-0.2, -0.15) is 0 Å². The number of nitro groups is 1. The molecule has 180 valence electrons. The molecule has 8 heteroatoms. The monoisotopic (exact) mass is 451 g/mol. The molecule has 0 atom stereocenters. The van der Waals surface area contributed by atoms with E-state index >= 15 is 0 Å². The summed E-state index contributed by atoms with van der Waals surface area (Å²) in [7, 11) is 0. The second-order valence-electron chi connectivity index (χ2n) is 7.81. The zero-order valence-corrected chi connectivity index (χ0v) is 19.2. The molecule has 0 heterocycles. The normalized spacial score (nSPS) is 10.5. The standard InChI is InChI=1S/C24H37NO7/c1-2-3-4-5-8-11-14-23(26)30-19-12-9-6-7-10-13-20-31-24(27)32-22-17-15-21(16-18-22)25(28)29/h15-18H,2-14,19-20H2,1H3. The van der Waals surface area contributed by atoms with Gasteiger partial charge in [-0.05, 0) is 31.4 Å². The molecule has 0 amide bonds. The van der Waals surface area contributed by atoms with Crippen LogP contribution >= 0.6 is 0 Å².